The van der Waals surface area contributed by atoms with Crippen molar-refractivity contribution >= 4 is 17.3 Å². The van der Waals surface area contributed by atoms with Gasteiger partial charge in [-0.3, -0.25) is 0 Å². The molecule has 1 aromatic rings. The number of rotatable bonds is 2. The van der Waals surface area contributed by atoms with Crippen LogP contribution >= 0.6 is 0 Å². The van der Waals surface area contributed by atoms with E-state index in [0.29, 0.717) is 24.5 Å². The fraction of sp³-hybridized carbons (Fsp3) is 0.500. The molecule has 0 saturated carbocycles. The maximum atomic E-state index is 11.3. The summed E-state index contributed by atoms with van der Waals surface area (Å²) >= 11 is 0. The topological polar surface area (TPSA) is 75.8 Å². The van der Waals surface area contributed by atoms with Gasteiger partial charge in [-0.15, -0.1) is 0 Å². The lowest BCUT2D eigenvalue weighted by Crippen LogP contribution is -2.52. The van der Waals surface area contributed by atoms with Gasteiger partial charge in [0, 0.05) is 18.8 Å². The number of nitrogens with zero attached hydrogens (tertiary/aromatic N) is 1. The molecule has 0 spiro atoms. The summed E-state index contributed by atoms with van der Waals surface area (Å²) in [5.41, 5.74) is 6.77. The molecule has 5 nitrogen and oxygen atoms in total. The second-order valence-corrected chi connectivity index (χ2v) is 5.65. The van der Waals surface area contributed by atoms with Crippen LogP contribution in [-0.2, 0) is 4.74 Å². The average molecular weight is 264 g/mol. The third-order valence-corrected chi connectivity index (χ3v) is 3.16. The van der Waals surface area contributed by atoms with E-state index in [1.54, 1.807) is 12.1 Å². The van der Waals surface area contributed by atoms with E-state index in [-0.39, 0.29) is 17.3 Å². The van der Waals surface area contributed by atoms with Gasteiger partial charge in [-0.25, -0.2) is 4.79 Å². The van der Waals surface area contributed by atoms with Crippen molar-refractivity contribution in [1.29, 1.82) is 0 Å². The number of anilines is 2. The maximum Gasteiger partial charge on any atom is 0.337 e. The van der Waals surface area contributed by atoms with Crippen molar-refractivity contribution in [3.05, 3.63) is 23.8 Å². The van der Waals surface area contributed by atoms with E-state index in [1.807, 2.05) is 20.8 Å². The Bertz CT molecular complexity index is 499. The van der Waals surface area contributed by atoms with Gasteiger partial charge in [0.2, 0.25) is 0 Å². The lowest BCUT2D eigenvalue weighted by Gasteiger charge is -2.43. The lowest BCUT2D eigenvalue weighted by molar-refractivity contribution is -0.0750. The van der Waals surface area contributed by atoms with Crippen molar-refractivity contribution in [3.63, 3.8) is 0 Å². The van der Waals surface area contributed by atoms with Crippen LogP contribution in [0.3, 0.4) is 0 Å². The number of hydrogen-bond donors (Lipinski definition) is 2. The molecular formula is C14H20N2O3. The minimum atomic E-state index is -0.959. The molecule has 1 heterocycles. The van der Waals surface area contributed by atoms with E-state index in [9.17, 15) is 9.90 Å². The van der Waals surface area contributed by atoms with Gasteiger partial charge in [0.05, 0.1) is 23.0 Å². The van der Waals surface area contributed by atoms with Gasteiger partial charge in [-0.1, -0.05) is 0 Å². The lowest BCUT2D eigenvalue weighted by atomic mass is 10.0. The number of morpholine rings is 1. The highest BCUT2D eigenvalue weighted by Gasteiger charge is 2.32. The number of nitrogen functional groups attached to an aromatic ring is 1. The Morgan fingerprint density at radius 3 is 2.79 bits per heavy atom. The van der Waals surface area contributed by atoms with E-state index in [1.165, 1.54) is 6.07 Å². The number of aromatic carboxylic acids is 1. The molecule has 0 aromatic heterocycles. The number of carbonyl (C=O) groups is 1. The van der Waals surface area contributed by atoms with Crippen LogP contribution in [0.4, 0.5) is 11.4 Å². The van der Waals surface area contributed by atoms with E-state index in [2.05, 4.69) is 4.90 Å². The standard InChI is InChI=1S/C14H20N2O3/c1-9-7-16(8-14(2,3)19-9)12-5-4-10(15)6-11(12)13(17)18/h4-6,9H,7-8,15H2,1-3H3,(H,17,18). The molecule has 1 aliphatic heterocycles. The number of carboxylic acids is 1. The SMILES string of the molecule is CC1CN(c2ccc(N)cc2C(=O)O)CC(C)(C)O1. The van der Waals surface area contributed by atoms with Crippen LogP contribution in [0, 0.1) is 0 Å². The summed E-state index contributed by atoms with van der Waals surface area (Å²) in [5, 5.41) is 9.30. The molecule has 1 aliphatic rings. The van der Waals surface area contributed by atoms with Crippen LogP contribution in [0.15, 0.2) is 18.2 Å². The summed E-state index contributed by atoms with van der Waals surface area (Å²) in [6.45, 7) is 7.33. The van der Waals surface area contributed by atoms with Gasteiger partial charge in [-0.05, 0) is 39.0 Å². The van der Waals surface area contributed by atoms with Gasteiger partial charge in [0.1, 0.15) is 0 Å². The Kier molecular flexibility index (Phi) is 3.41. The molecule has 5 heteroatoms. The number of carboxylic acid groups (broad SMARTS) is 1. The smallest absolute Gasteiger partial charge is 0.337 e. The molecule has 3 N–H and O–H groups in total. The second kappa shape index (κ2) is 4.74. The Hall–Kier alpha value is -1.75. The van der Waals surface area contributed by atoms with E-state index in [0.717, 1.165) is 0 Å². The van der Waals surface area contributed by atoms with Gasteiger partial charge in [0.25, 0.3) is 0 Å². The third-order valence-electron chi connectivity index (χ3n) is 3.16. The van der Waals surface area contributed by atoms with Crippen LogP contribution in [-0.4, -0.2) is 35.9 Å². The molecule has 1 atom stereocenters. The Morgan fingerprint density at radius 1 is 1.53 bits per heavy atom. The first-order valence-corrected chi connectivity index (χ1v) is 6.34. The Morgan fingerprint density at radius 2 is 2.21 bits per heavy atom. The van der Waals surface area contributed by atoms with Crippen LogP contribution in [0.1, 0.15) is 31.1 Å². The van der Waals surface area contributed by atoms with Gasteiger partial charge < -0.3 is 20.5 Å². The predicted octanol–water partition coefficient (Wildman–Crippen LogP) is 1.97. The minimum Gasteiger partial charge on any atom is -0.478 e. The van der Waals surface area contributed by atoms with Crippen molar-refractivity contribution in [1.82, 2.24) is 0 Å². The molecule has 1 saturated heterocycles. The first-order valence-electron chi connectivity index (χ1n) is 6.34. The zero-order valence-corrected chi connectivity index (χ0v) is 11.5. The molecule has 0 radical (unpaired) electrons. The number of hydrogen-bond acceptors (Lipinski definition) is 4. The van der Waals surface area contributed by atoms with Crippen molar-refractivity contribution in [2.75, 3.05) is 23.7 Å². The highest BCUT2D eigenvalue weighted by Crippen LogP contribution is 2.29. The van der Waals surface area contributed by atoms with E-state index in [4.69, 9.17) is 10.5 Å². The summed E-state index contributed by atoms with van der Waals surface area (Å²) in [7, 11) is 0. The largest absolute Gasteiger partial charge is 0.478 e. The van der Waals surface area contributed by atoms with E-state index >= 15 is 0 Å². The molecular weight excluding hydrogens is 244 g/mol. The van der Waals surface area contributed by atoms with Crippen LogP contribution in [0.5, 0.6) is 0 Å². The molecule has 1 fully saturated rings. The normalized spacial score (nSPS) is 22.3. The first kappa shape index (κ1) is 13.7. The zero-order valence-electron chi connectivity index (χ0n) is 11.5. The number of benzene rings is 1. The summed E-state index contributed by atoms with van der Waals surface area (Å²) in [6.07, 6.45) is 0.0583. The molecule has 104 valence electrons. The van der Waals surface area contributed by atoms with Crippen LogP contribution in [0.25, 0.3) is 0 Å². The third kappa shape index (κ3) is 2.98. The van der Waals surface area contributed by atoms with Crippen molar-refractivity contribution in [2.45, 2.75) is 32.5 Å². The van der Waals surface area contributed by atoms with Crippen LogP contribution in [0.2, 0.25) is 0 Å². The second-order valence-electron chi connectivity index (χ2n) is 5.65. The molecule has 1 aromatic carbocycles. The molecule has 19 heavy (non-hydrogen) atoms. The average Bonchev–Trinajstić information content (AvgIpc) is 2.25. The first-order chi connectivity index (χ1) is 8.78. The zero-order chi connectivity index (χ0) is 14.2. The number of nitrogens with two attached hydrogens (primary N) is 1. The fourth-order valence-corrected chi connectivity index (χ4v) is 2.64. The maximum absolute atomic E-state index is 11.3. The molecule has 2 rings (SSSR count). The van der Waals surface area contributed by atoms with Crippen molar-refractivity contribution in [3.8, 4) is 0 Å². The Balaban J connectivity index is 2.38. The molecule has 0 bridgehead atoms. The minimum absolute atomic E-state index is 0.0583. The van der Waals surface area contributed by atoms with Crippen molar-refractivity contribution in [2.24, 2.45) is 0 Å². The summed E-state index contributed by atoms with van der Waals surface area (Å²) in [4.78, 5) is 13.4. The van der Waals surface area contributed by atoms with E-state index < -0.39 is 5.97 Å². The van der Waals surface area contributed by atoms with Crippen LogP contribution < -0.4 is 10.6 Å². The predicted molar refractivity (Wildman–Crippen MR) is 74.7 cm³/mol. The quantitative estimate of drug-likeness (QED) is 0.799. The highest BCUT2D eigenvalue weighted by molar-refractivity contribution is 5.95. The summed E-state index contributed by atoms with van der Waals surface area (Å²) < 4.78 is 5.84. The van der Waals surface area contributed by atoms with Gasteiger partial charge in [0.15, 0.2) is 0 Å². The fourth-order valence-electron chi connectivity index (χ4n) is 2.64. The van der Waals surface area contributed by atoms with Gasteiger partial charge in [-0.2, -0.15) is 0 Å². The molecule has 0 amide bonds. The monoisotopic (exact) mass is 264 g/mol. The molecule has 0 aliphatic carbocycles. The van der Waals surface area contributed by atoms with Gasteiger partial charge >= 0.3 is 5.97 Å². The Labute approximate surface area is 113 Å². The van der Waals surface area contributed by atoms with Crippen molar-refractivity contribution < 1.29 is 14.6 Å². The number of ether oxygens (including phenoxy) is 1. The summed E-state index contributed by atoms with van der Waals surface area (Å²) in [5.74, 6) is -0.959. The molecule has 1 unspecified atom stereocenters. The summed E-state index contributed by atoms with van der Waals surface area (Å²) in [6, 6.07) is 5.01. The highest BCUT2D eigenvalue weighted by atomic mass is 16.5.